The molecule has 0 spiro atoms. The van der Waals surface area contributed by atoms with Crippen molar-refractivity contribution in [2.75, 3.05) is 19.7 Å². The zero-order valence-corrected chi connectivity index (χ0v) is 14.4. The molecule has 0 amide bonds. The SMILES string of the molecule is Cc1ccccc1-c1nnc(CN(CCO)CCc2ccccc2)o1. The lowest BCUT2D eigenvalue weighted by atomic mass is 10.1. The summed E-state index contributed by atoms with van der Waals surface area (Å²) < 4.78 is 5.83. The molecule has 0 aliphatic heterocycles. The van der Waals surface area contributed by atoms with Crippen LogP contribution in [-0.2, 0) is 13.0 Å². The number of hydrogen-bond acceptors (Lipinski definition) is 5. The Morgan fingerprint density at radius 3 is 2.48 bits per heavy atom. The van der Waals surface area contributed by atoms with Gasteiger partial charge in [0.05, 0.1) is 13.2 Å². The lowest BCUT2D eigenvalue weighted by Gasteiger charge is -2.19. The van der Waals surface area contributed by atoms with Crippen LogP contribution in [-0.4, -0.2) is 39.9 Å². The van der Waals surface area contributed by atoms with Crippen LogP contribution in [0.1, 0.15) is 17.0 Å². The van der Waals surface area contributed by atoms with Crippen LogP contribution in [0.3, 0.4) is 0 Å². The van der Waals surface area contributed by atoms with Gasteiger partial charge in [-0.25, -0.2) is 0 Å². The highest BCUT2D eigenvalue weighted by atomic mass is 16.4. The molecular weight excluding hydrogens is 314 g/mol. The molecule has 3 aromatic rings. The van der Waals surface area contributed by atoms with E-state index in [1.54, 1.807) is 0 Å². The Morgan fingerprint density at radius 1 is 0.960 bits per heavy atom. The number of aliphatic hydroxyl groups is 1. The van der Waals surface area contributed by atoms with Gasteiger partial charge in [-0.3, -0.25) is 4.90 Å². The molecule has 5 nitrogen and oxygen atoms in total. The first-order valence-electron chi connectivity index (χ1n) is 8.52. The summed E-state index contributed by atoms with van der Waals surface area (Å²) in [4.78, 5) is 2.13. The molecule has 5 heteroatoms. The van der Waals surface area contributed by atoms with Gasteiger partial charge in [-0.05, 0) is 30.5 Å². The zero-order chi connectivity index (χ0) is 17.5. The van der Waals surface area contributed by atoms with Crippen molar-refractivity contribution < 1.29 is 9.52 Å². The molecule has 2 aromatic carbocycles. The van der Waals surface area contributed by atoms with Gasteiger partial charge in [0.2, 0.25) is 11.8 Å². The summed E-state index contributed by atoms with van der Waals surface area (Å²) in [5.41, 5.74) is 3.34. The van der Waals surface area contributed by atoms with Gasteiger partial charge in [0.15, 0.2) is 0 Å². The Labute approximate surface area is 147 Å². The maximum absolute atomic E-state index is 9.32. The first kappa shape index (κ1) is 17.3. The molecule has 0 fully saturated rings. The number of aryl methyl sites for hydroxylation is 1. The van der Waals surface area contributed by atoms with Gasteiger partial charge < -0.3 is 9.52 Å². The second kappa shape index (κ2) is 8.55. The van der Waals surface area contributed by atoms with E-state index in [0.29, 0.717) is 24.9 Å². The fourth-order valence-corrected chi connectivity index (χ4v) is 2.77. The van der Waals surface area contributed by atoms with Gasteiger partial charge in [-0.15, -0.1) is 10.2 Å². The normalized spacial score (nSPS) is 11.2. The van der Waals surface area contributed by atoms with Crippen molar-refractivity contribution in [3.63, 3.8) is 0 Å². The Balaban J connectivity index is 1.65. The molecule has 25 heavy (non-hydrogen) atoms. The molecule has 3 rings (SSSR count). The van der Waals surface area contributed by atoms with Crippen molar-refractivity contribution in [1.29, 1.82) is 0 Å². The van der Waals surface area contributed by atoms with Crippen LogP contribution in [0.25, 0.3) is 11.5 Å². The number of nitrogens with zero attached hydrogens (tertiary/aromatic N) is 3. The third-order valence-electron chi connectivity index (χ3n) is 4.18. The molecule has 0 aliphatic carbocycles. The van der Waals surface area contributed by atoms with E-state index in [-0.39, 0.29) is 6.61 Å². The molecule has 0 aliphatic rings. The second-order valence-corrected chi connectivity index (χ2v) is 6.05. The van der Waals surface area contributed by atoms with Crippen molar-refractivity contribution in [3.8, 4) is 11.5 Å². The topological polar surface area (TPSA) is 62.4 Å². The number of aliphatic hydroxyl groups excluding tert-OH is 1. The van der Waals surface area contributed by atoms with E-state index in [9.17, 15) is 5.11 Å². The summed E-state index contributed by atoms with van der Waals surface area (Å²) in [6, 6.07) is 18.3. The molecule has 0 unspecified atom stereocenters. The highest BCUT2D eigenvalue weighted by molar-refractivity contribution is 5.57. The van der Waals surface area contributed by atoms with Crippen LogP contribution < -0.4 is 0 Å². The van der Waals surface area contributed by atoms with Crippen LogP contribution in [0.15, 0.2) is 59.0 Å². The first-order valence-corrected chi connectivity index (χ1v) is 8.52. The van der Waals surface area contributed by atoms with Gasteiger partial charge in [-0.2, -0.15) is 0 Å². The molecule has 0 bridgehead atoms. The fourth-order valence-electron chi connectivity index (χ4n) is 2.77. The third-order valence-corrected chi connectivity index (χ3v) is 4.18. The highest BCUT2D eigenvalue weighted by Crippen LogP contribution is 2.21. The van der Waals surface area contributed by atoms with E-state index in [1.165, 1.54) is 5.56 Å². The standard InChI is InChI=1S/C20H23N3O2/c1-16-7-5-6-10-18(16)20-22-21-19(25-20)15-23(13-14-24)12-11-17-8-3-2-4-9-17/h2-10,24H,11-15H2,1H3. The van der Waals surface area contributed by atoms with Crippen LogP contribution >= 0.6 is 0 Å². The minimum atomic E-state index is 0.105. The van der Waals surface area contributed by atoms with Gasteiger partial charge in [0, 0.05) is 18.7 Å². The molecule has 1 N–H and O–H groups in total. The predicted molar refractivity (Wildman–Crippen MR) is 97.0 cm³/mol. The van der Waals surface area contributed by atoms with Gasteiger partial charge in [0.25, 0.3) is 0 Å². The Morgan fingerprint density at radius 2 is 1.72 bits per heavy atom. The second-order valence-electron chi connectivity index (χ2n) is 6.05. The van der Waals surface area contributed by atoms with Crippen molar-refractivity contribution in [2.24, 2.45) is 0 Å². The third kappa shape index (κ3) is 4.75. The lowest BCUT2D eigenvalue weighted by Crippen LogP contribution is -2.28. The predicted octanol–water partition coefficient (Wildman–Crippen LogP) is 3.08. The summed E-state index contributed by atoms with van der Waals surface area (Å²) in [5, 5.41) is 17.7. The molecule has 130 valence electrons. The first-order chi connectivity index (χ1) is 12.3. The minimum Gasteiger partial charge on any atom is -0.419 e. The van der Waals surface area contributed by atoms with E-state index < -0.39 is 0 Å². The van der Waals surface area contributed by atoms with E-state index in [0.717, 1.165) is 24.1 Å². The van der Waals surface area contributed by atoms with Crippen LogP contribution in [0.4, 0.5) is 0 Å². The Kier molecular flexibility index (Phi) is 5.93. The van der Waals surface area contributed by atoms with E-state index in [4.69, 9.17) is 4.42 Å². The zero-order valence-electron chi connectivity index (χ0n) is 14.4. The van der Waals surface area contributed by atoms with Gasteiger partial charge in [-0.1, -0.05) is 48.5 Å². The quantitative estimate of drug-likeness (QED) is 0.684. The fraction of sp³-hybridized carbons (Fsp3) is 0.300. The summed E-state index contributed by atoms with van der Waals surface area (Å²) >= 11 is 0. The molecule has 0 atom stereocenters. The van der Waals surface area contributed by atoms with Crippen LogP contribution in [0, 0.1) is 6.92 Å². The molecule has 0 radical (unpaired) electrons. The average Bonchev–Trinajstić information content (AvgIpc) is 3.09. The van der Waals surface area contributed by atoms with Gasteiger partial charge in [0.1, 0.15) is 0 Å². The van der Waals surface area contributed by atoms with Crippen LogP contribution in [0.5, 0.6) is 0 Å². The number of rotatable bonds is 8. The molecule has 1 heterocycles. The maximum atomic E-state index is 9.32. The summed E-state index contributed by atoms with van der Waals surface area (Å²) in [6.07, 6.45) is 0.916. The smallest absolute Gasteiger partial charge is 0.248 e. The van der Waals surface area contributed by atoms with E-state index in [1.807, 2.05) is 49.4 Å². The highest BCUT2D eigenvalue weighted by Gasteiger charge is 2.14. The van der Waals surface area contributed by atoms with Crippen LogP contribution in [0.2, 0.25) is 0 Å². The van der Waals surface area contributed by atoms with Gasteiger partial charge >= 0.3 is 0 Å². The van der Waals surface area contributed by atoms with E-state index in [2.05, 4.69) is 27.2 Å². The minimum absolute atomic E-state index is 0.105. The number of hydrogen-bond donors (Lipinski definition) is 1. The lowest BCUT2D eigenvalue weighted by molar-refractivity contribution is 0.180. The van der Waals surface area contributed by atoms with Crippen molar-refractivity contribution in [1.82, 2.24) is 15.1 Å². The summed E-state index contributed by atoms with van der Waals surface area (Å²) in [7, 11) is 0. The molecule has 0 saturated heterocycles. The van der Waals surface area contributed by atoms with E-state index >= 15 is 0 Å². The molecule has 1 aromatic heterocycles. The molecular formula is C20H23N3O2. The number of aromatic nitrogens is 2. The largest absolute Gasteiger partial charge is 0.419 e. The Hall–Kier alpha value is -2.50. The molecule has 0 saturated carbocycles. The maximum Gasteiger partial charge on any atom is 0.248 e. The van der Waals surface area contributed by atoms with Crippen molar-refractivity contribution in [3.05, 3.63) is 71.6 Å². The monoisotopic (exact) mass is 337 g/mol. The Bertz CT molecular complexity index is 786. The average molecular weight is 337 g/mol. The van der Waals surface area contributed by atoms with Crippen molar-refractivity contribution >= 4 is 0 Å². The number of benzene rings is 2. The summed E-state index contributed by atoms with van der Waals surface area (Å²) in [6.45, 7) is 4.07. The summed E-state index contributed by atoms with van der Waals surface area (Å²) in [5.74, 6) is 1.11. The van der Waals surface area contributed by atoms with Crippen molar-refractivity contribution in [2.45, 2.75) is 19.9 Å².